The molecule has 5 nitrogen and oxygen atoms in total. The van der Waals surface area contributed by atoms with Gasteiger partial charge in [0.25, 0.3) is 0 Å². The van der Waals surface area contributed by atoms with Gasteiger partial charge in [-0.3, -0.25) is 9.69 Å². The summed E-state index contributed by atoms with van der Waals surface area (Å²) >= 11 is 12.3. The minimum Gasteiger partial charge on any atom is -0.441 e. The zero-order valence-electron chi connectivity index (χ0n) is 16.9. The quantitative estimate of drug-likeness (QED) is 0.514. The number of amides is 1. The smallest absolute Gasteiger partial charge is 0.223 e. The van der Waals surface area contributed by atoms with Crippen LogP contribution in [0.2, 0.25) is 10.0 Å². The molecule has 31 heavy (non-hydrogen) atoms. The van der Waals surface area contributed by atoms with E-state index in [-0.39, 0.29) is 11.7 Å². The third-order valence-electron chi connectivity index (χ3n) is 5.41. The molecule has 2 aromatic carbocycles. The summed E-state index contributed by atoms with van der Waals surface area (Å²) in [6.45, 7) is 2.98. The lowest BCUT2D eigenvalue weighted by atomic mass is 10.1. The molecule has 1 aliphatic rings. The van der Waals surface area contributed by atoms with Crippen LogP contribution in [-0.4, -0.2) is 46.9 Å². The summed E-state index contributed by atoms with van der Waals surface area (Å²) in [4.78, 5) is 20.8. The molecule has 1 amide bonds. The van der Waals surface area contributed by atoms with E-state index in [1.807, 2.05) is 23.1 Å². The Bertz CT molecular complexity index is 1040. The number of rotatable bonds is 6. The summed E-state index contributed by atoms with van der Waals surface area (Å²) in [5.74, 6) is 0.860. The predicted octanol–water partition coefficient (Wildman–Crippen LogP) is 5.06. The number of hydrogen-bond acceptors (Lipinski definition) is 4. The Labute approximate surface area is 190 Å². The summed E-state index contributed by atoms with van der Waals surface area (Å²) in [5, 5.41) is 1.02. The van der Waals surface area contributed by atoms with Crippen LogP contribution in [0.4, 0.5) is 4.39 Å². The SMILES string of the molecule is O=C(CCc1ncc(-c2ccccc2Cl)o1)N1CCN(Cc2c(F)cccc2Cl)CC1. The summed E-state index contributed by atoms with van der Waals surface area (Å²) in [5.41, 5.74) is 1.28. The van der Waals surface area contributed by atoms with Crippen LogP contribution in [-0.2, 0) is 17.8 Å². The molecule has 0 atom stereocenters. The van der Waals surface area contributed by atoms with Crippen LogP contribution < -0.4 is 0 Å². The van der Waals surface area contributed by atoms with Crippen molar-refractivity contribution < 1.29 is 13.6 Å². The first-order valence-electron chi connectivity index (χ1n) is 10.1. The van der Waals surface area contributed by atoms with Crippen molar-refractivity contribution in [3.05, 3.63) is 76.0 Å². The van der Waals surface area contributed by atoms with Gasteiger partial charge in [0, 0.05) is 61.7 Å². The first kappa shape index (κ1) is 21.8. The number of aromatic nitrogens is 1. The van der Waals surface area contributed by atoms with Crippen LogP contribution in [0.1, 0.15) is 17.9 Å². The average Bonchev–Trinajstić information content (AvgIpc) is 3.24. The second-order valence-electron chi connectivity index (χ2n) is 7.46. The molecule has 0 N–H and O–H groups in total. The second kappa shape index (κ2) is 9.81. The highest BCUT2D eigenvalue weighted by molar-refractivity contribution is 6.33. The fourth-order valence-electron chi connectivity index (χ4n) is 3.65. The zero-order valence-corrected chi connectivity index (χ0v) is 18.4. The lowest BCUT2D eigenvalue weighted by Gasteiger charge is -2.35. The molecule has 1 saturated heterocycles. The Hall–Kier alpha value is -2.41. The Morgan fingerprint density at radius 2 is 1.77 bits per heavy atom. The standard InChI is InChI=1S/C23H22Cl2FN3O2/c24-18-5-2-1-4-16(18)21-14-27-22(31-21)8-9-23(30)29-12-10-28(11-13-29)15-17-19(25)6-3-7-20(17)26/h1-7,14H,8-13,15H2. The van der Waals surface area contributed by atoms with Gasteiger partial charge in [0.2, 0.25) is 5.91 Å². The van der Waals surface area contributed by atoms with E-state index in [1.54, 1.807) is 24.4 Å². The molecule has 0 bridgehead atoms. The van der Waals surface area contributed by atoms with Crippen molar-refractivity contribution in [3.8, 4) is 11.3 Å². The molecular weight excluding hydrogens is 440 g/mol. The zero-order chi connectivity index (χ0) is 21.8. The van der Waals surface area contributed by atoms with E-state index in [4.69, 9.17) is 27.6 Å². The monoisotopic (exact) mass is 461 g/mol. The van der Waals surface area contributed by atoms with Crippen molar-refractivity contribution in [1.82, 2.24) is 14.8 Å². The van der Waals surface area contributed by atoms with Gasteiger partial charge in [-0.25, -0.2) is 9.37 Å². The molecular formula is C23H22Cl2FN3O2. The van der Waals surface area contributed by atoms with E-state index in [1.165, 1.54) is 6.07 Å². The van der Waals surface area contributed by atoms with Crippen molar-refractivity contribution in [3.63, 3.8) is 0 Å². The molecule has 0 saturated carbocycles. The maximum absolute atomic E-state index is 14.0. The lowest BCUT2D eigenvalue weighted by molar-refractivity contribution is -0.133. The van der Waals surface area contributed by atoms with Crippen LogP contribution >= 0.6 is 23.2 Å². The van der Waals surface area contributed by atoms with Crippen molar-refractivity contribution in [2.45, 2.75) is 19.4 Å². The van der Waals surface area contributed by atoms with Crippen LogP contribution in [0, 0.1) is 5.82 Å². The van der Waals surface area contributed by atoms with Gasteiger partial charge in [-0.1, -0.05) is 41.4 Å². The minimum absolute atomic E-state index is 0.0565. The molecule has 0 aliphatic carbocycles. The second-order valence-corrected chi connectivity index (χ2v) is 8.27. The van der Waals surface area contributed by atoms with Crippen molar-refractivity contribution in [2.24, 2.45) is 0 Å². The fraction of sp³-hybridized carbons (Fsp3) is 0.304. The maximum atomic E-state index is 14.0. The highest BCUT2D eigenvalue weighted by Gasteiger charge is 2.23. The van der Waals surface area contributed by atoms with E-state index in [9.17, 15) is 9.18 Å². The van der Waals surface area contributed by atoms with Crippen molar-refractivity contribution in [2.75, 3.05) is 26.2 Å². The number of benzene rings is 2. The summed E-state index contributed by atoms with van der Waals surface area (Å²) in [6, 6.07) is 12.1. The van der Waals surface area contributed by atoms with Gasteiger partial charge in [0.1, 0.15) is 5.82 Å². The molecule has 3 aromatic rings. The Morgan fingerprint density at radius 1 is 1.03 bits per heavy atom. The largest absolute Gasteiger partial charge is 0.441 e. The number of aryl methyl sites for hydroxylation is 1. The van der Waals surface area contributed by atoms with Crippen LogP contribution in [0.25, 0.3) is 11.3 Å². The minimum atomic E-state index is -0.298. The first-order valence-corrected chi connectivity index (χ1v) is 10.9. The van der Waals surface area contributed by atoms with Gasteiger partial charge in [-0.15, -0.1) is 0 Å². The number of carbonyl (C=O) groups is 1. The first-order chi connectivity index (χ1) is 15.0. The van der Waals surface area contributed by atoms with Gasteiger partial charge >= 0.3 is 0 Å². The number of nitrogens with zero attached hydrogens (tertiary/aromatic N) is 3. The Balaban J connectivity index is 1.27. The third kappa shape index (κ3) is 5.26. The molecule has 1 aromatic heterocycles. The van der Waals surface area contributed by atoms with Gasteiger partial charge < -0.3 is 9.32 Å². The van der Waals surface area contributed by atoms with Gasteiger partial charge in [-0.2, -0.15) is 0 Å². The summed E-state index contributed by atoms with van der Waals surface area (Å²) in [6.07, 6.45) is 2.38. The topological polar surface area (TPSA) is 49.6 Å². The summed E-state index contributed by atoms with van der Waals surface area (Å²) in [7, 11) is 0. The highest BCUT2D eigenvalue weighted by atomic mass is 35.5. The van der Waals surface area contributed by atoms with Crippen LogP contribution in [0.5, 0.6) is 0 Å². The number of piperazine rings is 1. The van der Waals surface area contributed by atoms with Crippen molar-refractivity contribution in [1.29, 1.82) is 0 Å². The number of halogens is 3. The fourth-order valence-corrected chi connectivity index (χ4v) is 4.10. The van der Waals surface area contributed by atoms with Gasteiger partial charge in [0.05, 0.1) is 11.2 Å². The third-order valence-corrected chi connectivity index (χ3v) is 6.10. The predicted molar refractivity (Wildman–Crippen MR) is 119 cm³/mol. The number of oxazole rings is 1. The molecule has 162 valence electrons. The van der Waals surface area contributed by atoms with E-state index in [2.05, 4.69) is 9.88 Å². The summed E-state index contributed by atoms with van der Waals surface area (Å²) < 4.78 is 19.8. The molecule has 2 heterocycles. The Kier molecular flexibility index (Phi) is 6.90. The molecule has 0 spiro atoms. The average molecular weight is 462 g/mol. The van der Waals surface area contributed by atoms with E-state index < -0.39 is 0 Å². The molecule has 1 fully saturated rings. The lowest BCUT2D eigenvalue weighted by Crippen LogP contribution is -2.48. The van der Waals surface area contributed by atoms with E-state index >= 15 is 0 Å². The maximum Gasteiger partial charge on any atom is 0.223 e. The molecule has 4 rings (SSSR count). The van der Waals surface area contributed by atoms with E-state index in [0.29, 0.717) is 72.8 Å². The van der Waals surface area contributed by atoms with Gasteiger partial charge in [-0.05, 0) is 24.3 Å². The normalized spacial score (nSPS) is 14.7. The van der Waals surface area contributed by atoms with E-state index in [0.717, 1.165) is 5.56 Å². The van der Waals surface area contributed by atoms with Gasteiger partial charge in [0.15, 0.2) is 11.7 Å². The van der Waals surface area contributed by atoms with Crippen molar-refractivity contribution >= 4 is 29.1 Å². The molecule has 1 aliphatic heterocycles. The molecule has 8 heteroatoms. The highest BCUT2D eigenvalue weighted by Crippen LogP contribution is 2.28. The Morgan fingerprint density at radius 3 is 2.52 bits per heavy atom. The number of carbonyl (C=O) groups excluding carboxylic acids is 1. The van der Waals surface area contributed by atoms with Crippen LogP contribution in [0.15, 0.2) is 53.1 Å². The molecule has 0 radical (unpaired) electrons. The molecule has 0 unspecified atom stereocenters. The van der Waals surface area contributed by atoms with Crippen LogP contribution in [0.3, 0.4) is 0 Å². The number of hydrogen-bond donors (Lipinski definition) is 0.